The molecule has 0 bridgehead atoms. The molecule has 0 aliphatic carbocycles. The van der Waals surface area contributed by atoms with Gasteiger partial charge in [-0.05, 0) is 24.1 Å². The van der Waals surface area contributed by atoms with Gasteiger partial charge in [0.15, 0.2) is 0 Å². The van der Waals surface area contributed by atoms with Gasteiger partial charge in [-0.3, -0.25) is 0 Å². The van der Waals surface area contributed by atoms with Gasteiger partial charge in [-0.1, -0.05) is 53.2 Å². The van der Waals surface area contributed by atoms with Gasteiger partial charge in [-0.2, -0.15) is 0 Å². The summed E-state index contributed by atoms with van der Waals surface area (Å²) in [5.74, 6) is 0. The molecule has 2 aromatic carbocycles. The molecule has 0 spiro atoms. The lowest BCUT2D eigenvalue weighted by Gasteiger charge is -2.01. The quantitative estimate of drug-likeness (QED) is 0.582. The average molecular weight is 275 g/mol. The smallest absolute Gasteiger partial charge is 0.263 e. The number of rotatable bonds is 5. The highest BCUT2D eigenvalue weighted by atomic mass is 19.3. The lowest BCUT2D eigenvalue weighted by atomic mass is 10.1. The van der Waals surface area contributed by atoms with Crippen LogP contribution in [0.1, 0.15) is 28.7 Å². The Morgan fingerprint density at radius 3 is 2.60 bits per heavy atom. The maximum absolute atomic E-state index is 12.5. The molecule has 0 aliphatic rings. The minimum absolute atomic E-state index is 0.0208. The van der Waals surface area contributed by atoms with Crippen LogP contribution in [0, 0.1) is 6.92 Å². The molecule has 20 heavy (non-hydrogen) atoms. The second-order valence-electron chi connectivity index (χ2n) is 4.46. The number of hydrogen-bond acceptors (Lipinski definition) is 2. The SMILES string of the molecule is Cc1ccc(CON=Cc2cccc(C(F)F)c2)cc1. The standard InChI is InChI=1S/C16H15F2NO/c1-12-5-7-13(8-6-12)11-20-19-10-14-3-2-4-15(9-14)16(17)18/h2-10,16H,11H2,1H3. The van der Waals surface area contributed by atoms with E-state index in [2.05, 4.69) is 5.16 Å². The third-order valence-electron chi connectivity index (χ3n) is 2.79. The van der Waals surface area contributed by atoms with Crippen molar-refractivity contribution in [1.82, 2.24) is 0 Å². The molecule has 0 unspecified atom stereocenters. The van der Waals surface area contributed by atoms with Crippen LogP contribution in [0.4, 0.5) is 8.78 Å². The first-order valence-electron chi connectivity index (χ1n) is 6.24. The zero-order valence-corrected chi connectivity index (χ0v) is 11.1. The molecule has 2 nitrogen and oxygen atoms in total. The number of nitrogens with zero attached hydrogens (tertiary/aromatic N) is 1. The van der Waals surface area contributed by atoms with E-state index < -0.39 is 6.43 Å². The van der Waals surface area contributed by atoms with E-state index >= 15 is 0 Å². The minimum atomic E-state index is -2.48. The maximum atomic E-state index is 12.5. The van der Waals surface area contributed by atoms with Crippen LogP contribution in [-0.4, -0.2) is 6.21 Å². The van der Waals surface area contributed by atoms with Gasteiger partial charge in [-0.25, -0.2) is 8.78 Å². The average Bonchev–Trinajstić information content (AvgIpc) is 2.46. The second-order valence-corrected chi connectivity index (χ2v) is 4.46. The topological polar surface area (TPSA) is 21.6 Å². The van der Waals surface area contributed by atoms with Crippen molar-refractivity contribution in [2.24, 2.45) is 5.16 Å². The summed E-state index contributed by atoms with van der Waals surface area (Å²) in [4.78, 5) is 5.15. The van der Waals surface area contributed by atoms with Gasteiger partial charge in [0.05, 0.1) is 6.21 Å². The Bertz CT molecular complexity index is 579. The lowest BCUT2D eigenvalue weighted by Crippen LogP contribution is -1.90. The molecular formula is C16H15F2NO. The van der Waals surface area contributed by atoms with E-state index in [0.717, 1.165) is 5.56 Å². The molecule has 0 heterocycles. The highest BCUT2D eigenvalue weighted by molar-refractivity contribution is 5.79. The van der Waals surface area contributed by atoms with Crippen molar-refractivity contribution >= 4 is 6.21 Å². The summed E-state index contributed by atoms with van der Waals surface area (Å²) in [7, 11) is 0. The van der Waals surface area contributed by atoms with Crippen molar-refractivity contribution in [1.29, 1.82) is 0 Å². The molecule has 0 saturated carbocycles. The van der Waals surface area contributed by atoms with E-state index in [4.69, 9.17) is 4.84 Å². The van der Waals surface area contributed by atoms with Gasteiger partial charge in [0.25, 0.3) is 6.43 Å². The van der Waals surface area contributed by atoms with Crippen molar-refractivity contribution < 1.29 is 13.6 Å². The third kappa shape index (κ3) is 4.16. The van der Waals surface area contributed by atoms with Crippen molar-refractivity contribution in [2.75, 3.05) is 0 Å². The summed E-state index contributed by atoms with van der Waals surface area (Å²) in [6.07, 6.45) is -1.04. The molecule has 104 valence electrons. The van der Waals surface area contributed by atoms with Crippen LogP contribution in [0.25, 0.3) is 0 Å². The summed E-state index contributed by atoms with van der Waals surface area (Å²) >= 11 is 0. The molecule has 0 amide bonds. The van der Waals surface area contributed by atoms with Crippen molar-refractivity contribution in [3.8, 4) is 0 Å². The Kier molecular flexibility index (Phi) is 4.82. The monoisotopic (exact) mass is 275 g/mol. The fourth-order valence-electron chi connectivity index (χ4n) is 1.67. The number of alkyl halides is 2. The van der Waals surface area contributed by atoms with Crippen molar-refractivity contribution in [3.63, 3.8) is 0 Å². The second kappa shape index (κ2) is 6.80. The van der Waals surface area contributed by atoms with Gasteiger partial charge < -0.3 is 4.84 Å². The third-order valence-corrected chi connectivity index (χ3v) is 2.79. The fourth-order valence-corrected chi connectivity index (χ4v) is 1.67. The summed E-state index contributed by atoms with van der Waals surface area (Å²) in [5.41, 5.74) is 2.76. The Labute approximate surface area is 116 Å². The summed E-state index contributed by atoms with van der Waals surface area (Å²) in [6, 6.07) is 14.0. The Balaban J connectivity index is 1.90. The number of halogens is 2. The number of benzene rings is 2. The predicted molar refractivity (Wildman–Crippen MR) is 75.0 cm³/mol. The summed E-state index contributed by atoms with van der Waals surface area (Å²) < 4.78 is 25.0. The molecular weight excluding hydrogens is 260 g/mol. The molecule has 0 aromatic heterocycles. The van der Waals surface area contributed by atoms with Crippen LogP contribution in [0.5, 0.6) is 0 Å². The molecule has 4 heteroatoms. The highest BCUT2D eigenvalue weighted by Crippen LogP contribution is 2.18. The zero-order chi connectivity index (χ0) is 14.4. The maximum Gasteiger partial charge on any atom is 0.263 e. The van der Waals surface area contributed by atoms with E-state index in [-0.39, 0.29) is 5.56 Å². The fraction of sp³-hybridized carbons (Fsp3) is 0.188. The predicted octanol–water partition coefficient (Wildman–Crippen LogP) is 4.48. The number of oxime groups is 1. The van der Waals surface area contributed by atoms with Gasteiger partial charge in [0.2, 0.25) is 0 Å². The number of aryl methyl sites for hydroxylation is 1. The molecule has 0 fully saturated rings. The number of hydrogen-bond donors (Lipinski definition) is 0. The molecule has 2 rings (SSSR count). The summed E-state index contributed by atoms with van der Waals surface area (Å²) in [5, 5.41) is 3.79. The first kappa shape index (κ1) is 14.2. The van der Waals surface area contributed by atoms with E-state index in [1.165, 1.54) is 23.9 Å². The van der Waals surface area contributed by atoms with Crippen molar-refractivity contribution in [3.05, 3.63) is 70.8 Å². The van der Waals surface area contributed by atoms with E-state index in [9.17, 15) is 8.78 Å². The van der Waals surface area contributed by atoms with Crippen LogP contribution in [0.3, 0.4) is 0 Å². The normalized spacial score (nSPS) is 11.2. The lowest BCUT2D eigenvalue weighted by molar-refractivity contribution is 0.132. The molecule has 0 N–H and O–H groups in total. The highest BCUT2D eigenvalue weighted by Gasteiger charge is 2.05. The van der Waals surface area contributed by atoms with E-state index in [0.29, 0.717) is 12.2 Å². The molecule has 0 saturated heterocycles. The zero-order valence-electron chi connectivity index (χ0n) is 11.1. The van der Waals surface area contributed by atoms with Gasteiger partial charge in [-0.15, -0.1) is 0 Å². The van der Waals surface area contributed by atoms with Crippen LogP contribution in [0.15, 0.2) is 53.7 Å². The largest absolute Gasteiger partial charge is 0.391 e. The van der Waals surface area contributed by atoms with E-state index in [1.54, 1.807) is 12.1 Å². The molecule has 0 atom stereocenters. The van der Waals surface area contributed by atoms with Crippen LogP contribution in [0.2, 0.25) is 0 Å². The van der Waals surface area contributed by atoms with Gasteiger partial charge >= 0.3 is 0 Å². The Hall–Kier alpha value is -2.23. The van der Waals surface area contributed by atoms with Crippen LogP contribution in [-0.2, 0) is 11.4 Å². The minimum Gasteiger partial charge on any atom is -0.391 e. The van der Waals surface area contributed by atoms with Crippen LogP contribution < -0.4 is 0 Å². The summed E-state index contributed by atoms with van der Waals surface area (Å²) in [6.45, 7) is 2.37. The van der Waals surface area contributed by atoms with E-state index in [1.807, 2.05) is 31.2 Å². The first-order valence-corrected chi connectivity index (χ1v) is 6.24. The van der Waals surface area contributed by atoms with Gasteiger partial charge in [0.1, 0.15) is 6.61 Å². The van der Waals surface area contributed by atoms with Crippen LogP contribution >= 0.6 is 0 Å². The first-order chi connectivity index (χ1) is 9.65. The van der Waals surface area contributed by atoms with Crippen molar-refractivity contribution in [2.45, 2.75) is 20.0 Å². The molecule has 2 aromatic rings. The van der Waals surface area contributed by atoms with Gasteiger partial charge in [0, 0.05) is 5.56 Å². The molecule has 0 radical (unpaired) electrons. The Morgan fingerprint density at radius 2 is 1.90 bits per heavy atom. The molecule has 0 aliphatic heterocycles. The Morgan fingerprint density at radius 1 is 1.15 bits per heavy atom.